The number of methoxy groups -OCH3 is 1. The van der Waals surface area contributed by atoms with Gasteiger partial charge in [-0.3, -0.25) is 9.59 Å². The number of hydrogen-bond donors (Lipinski definition) is 1. The molecule has 8 heteroatoms. The number of para-hydroxylation sites is 1. The van der Waals surface area contributed by atoms with Gasteiger partial charge in [0.15, 0.2) is 22.9 Å². The van der Waals surface area contributed by atoms with Crippen LogP contribution in [0.3, 0.4) is 0 Å². The van der Waals surface area contributed by atoms with Crippen molar-refractivity contribution in [2.24, 2.45) is 0 Å². The van der Waals surface area contributed by atoms with Crippen molar-refractivity contribution in [3.8, 4) is 11.5 Å². The maximum absolute atomic E-state index is 13.9. The average Bonchev–Trinajstić information content (AvgIpc) is 3.58. The second-order valence-corrected chi connectivity index (χ2v) is 10.2. The van der Waals surface area contributed by atoms with Crippen molar-refractivity contribution in [3.05, 3.63) is 107 Å². The van der Waals surface area contributed by atoms with Crippen molar-refractivity contribution in [1.29, 1.82) is 0 Å². The van der Waals surface area contributed by atoms with Crippen LogP contribution in [-0.2, 0) is 11.4 Å². The molecule has 0 fully saturated rings. The van der Waals surface area contributed by atoms with Gasteiger partial charge < -0.3 is 28.8 Å². The summed E-state index contributed by atoms with van der Waals surface area (Å²) in [5, 5.41) is 11.8. The summed E-state index contributed by atoms with van der Waals surface area (Å²) in [7, 11) is 1.53. The highest BCUT2D eigenvalue weighted by Crippen LogP contribution is 2.40. The molecule has 42 heavy (non-hydrogen) atoms. The fraction of sp³-hybridized carbons (Fsp3) is 0.294. The number of rotatable bonds is 13. The largest absolute Gasteiger partial charge is 0.503 e. The number of carbonyl (C=O) groups is 2. The van der Waals surface area contributed by atoms with Gasteiger partial charge in [-0.2, -0.15) is 0 Å². The zero-order valence-corrected chi connectivity index (χ0v) is 24.2. The molecule has 1 aromatic heterocycles. The second kappa shape index (κ2) is 13.0. The standard InChI is InChI=1S/C34H36N2O6/c1-4-35(5-2)19-10-20-36-30(24-15-17-26(18-16-24)41-22-23-11-7-6-8-12-23)29(32(38)34(36)39)31(37)28-21-25-13-9-14-27(40-3)33(25)42-28/h6-9,11-18,21,30,38H,4-5,10,19-20,22H2,1-3H3. The van der Waals surface area contributed by atoms with Gasteiger partial charge in [0.1, 0.15) is 12.4 Å². The van der Waals surface area contributed by atoms with Crippen molar-refractivity contribution in [2.45, 2.75) is 32.9 Å². The average molecular weight is 569 g/mol. The first-order valence-electron chi connectivity index (χ1n) is 14.3. The van der Waals surface area contributed by atoms with Gasteiger partial charge in [-0.1, -0.05) is 68.4 Å². The van der Waals surface area contributed by atoms with Gasteiger partial charge in [-0.25, -0.2) is 0 Å². The molecule has 0 saturated heterocycles. The van der Waals surface area contributed by atoms with Crippen LogP contribution in [0.15, 0.2) is 94.6 Å². The highest BCUT2D eigenvalue weighted by Gasteiger charge is 2.44. The van der Waals surface area contributed by atoms with E-state index in [9.17, 15) is 14.7 Å². The minimum absolute atomic E-state index is 0.00110. The maximum Gasteiger partial charge on any atom is 0.290 e. The summed E-state index contributed by atoms with van der Waals surface area (Å²) in [6.45, 7) is 7.59. The summed E-state index contributed by atoms with van der Waals surface area (Å²) >= 11 is 0. The Labute approximate surface area is 245 Å². The third-order valence-corrected chi connectivity index (χ3v) is 7.71. The van der Waals surface area contributed by atoms with Crippen molar-refractivity contribution in [2.75, 3.05) is 33.3 Å². The molecule has 3 aromatic carbocycles. The number of fused-ring (bicyclic) bond motifs is 1. The van der Waals surface area contributed by atoms with Crippen molar-refractivity contribution in [3.63, 3.8) is 0 Å². The highest BCUT2D eigenvalue weighted by atomic mass is 16.5. The van der Waals surface area contributed by atoms with Crippen LogP contribution in [0, 0.1) is 0 Å². The van der Waals surface area contributed by atoms with E-state index in [1.165, 1.54) is 7.11 Å². The second-order valence-electron chi connectivity index (χ2n) is 10.2. The van der Waals surface area contributed by atoms with Crippen LogP contribution in [0.1, 0.15) is 48.0 Å². The molecule has 0 radical (unpaired) electrons. The molecule has 5 rings (SSSR count). The summed E-state index contributed by atoms with van der Waals surface area (Å²) in [6.07, 6.45) is 0.693. The molecule has 1 N–H and O–H groups in total. The predicted molar refractivity (Wildman–Crippen MR) is 161 cm³/mol. The fourth-order valence-corrected chi connectivity index (χ4v) is 5.40. The molecule has 1 amide bonds. The number of amides is 1. The number of benzene rings is 3. The molecular formula is C34H36N2O6. The number of aliphatic hydroxyl groups is 1. The van der Waals surface area contributed by atoms with E-state index in [4.69, 9.17) is 13.9 Å². The van der Waals surface area contributed by atoms with E-state index < -0.39 is 23.5 Å². The van der Waals surface area contributed by atoms with Crippen molar-refractivity contribution < 1.29 is 28.6 Å². The lowest BCUT2D eigenvalue weighted by molar-refractivity contribution is -0.129. The Morgan fingerprint density at radius 1 is 1.00 bits per heavy atom. The monoisotopic (exact) mass is 568 g/mol. The summed E-state index contributed by atoms with van der Waals surface area (Å²) in [4.78, 5) is 31.2. The Balaban J connectivity index is 1.45. The van der Waals surface area contributed by atoms with Crippen LogP contribution in [-0.4, -0.2) is 59.9 Å². The SMILES string of the molecule is CCN(CC)CCCN1C(=O)C(O)=C(C(=O)c2cc3cccc(OC)c3o2)C1c1ccc(OCc2ccccc2)cc1. The quantitative estimate of drug-likeness (QED) is 0.188. The van der Waals surface area contributed by atoms with E-state index in [1.807, 2.05) is 66.7 Å². The number of aliphatic hydroxyl groups excluding tert-OH is 1. The molecule has 0 aliphatic carbocycles. The lowest BCUT2D eigenvalue weighted by Gasteiger charge is -2.28. The first kappa shape index (κ1) is 29.0. The van der Waals surface area contributed by atoms with E-state index in [0.717, 1.165) is 25.2 Å². The van der Waals surface area contributed by atoms with Gasteiger partial charge in [0.05, 0.1) is 18.7 Å². The molecule has 1 aliphatic heterocycles. The summed E-state index contributed by atoms with van der Waals surface area (Å²) in [6, 6.07) is 23.4. The zero-order valence-electron chi connectivity index (χ0n) is 24.2. The first-order valence-corrected chi connectivity index (χ1v) is 14.3. The molecule has 2 heterocycles. The minimum Gasteiger partial charge on any atom is -0.503 e. The van der Waals surface area contributed by atoms with E-state index >= 15 is 0 Å². The number of nitrogens with zero attached hydrogens (tertiary/aromatic N) is 2. The Morgan fingerprint density at radius 2 is 1.74 bits per heavy atom. The zero-order chi connectivity index (χ0) is 29.6. The van der Waals surface area contributed by atoms with Gasteiger partial charge in [-0.05, 0) is 61.4 Å². The van der Waals surface area contributed by atoms with Gasteiger partial charge in [0, 0.05) is 11.9 Å². The third kappa shape index (κ3) is 5.90. The van der Waals surface area contributed by atoms with Crippen molar-refractivity contribution >= 4 is 22.7 Å². The number of carbonyl (C=O) groups excluding carboxylic acids is 2. The van der Waals surface area contributed by atoms with Gasteiger partial charge in [0.25, 0.3) is 5.91 Å². The number of hydrogen-bond acceptors (Lipinski definition) is 7. The van der Waals surface area contributed by atoms with Crippen LogP contribution in [0.4, 0.5) is 0 Å². The van der Waals surface area contributed by atoms with Crippen LogP contribution in [0.2, 0.25) is 0 Å². The molecule has 1 unspecified atom stereocenters. The van der Waals surface area contributed by atoms with Crippen LogP contribution in [0.5, 0.6) is 11.5 Å². The molecule has 0 spiro atoms. The Kier molecular flexibility index (Phi) is 8.93. The van der Waals surface area contributed by atoms with Crippen molar-refractivity contribution in [1.82, 2.24) is 9.80 Å². The number of Topliss-reactive ketones (excluding diaryl/α,β-unsaturated/α-hetero) is 1. The maximum atomic E-state index is 13.9. The van der Waals surface area contributed by atoms with Crippen LogP contribution >= 0.6 is 0 Å². The molecule has 0 bridgehead atoms. The molecule has 1 aliphatic rings. The molecule has 0 saturated carbocycles. The number of ether oxygens (including phenoxy) is 2. The number of ketones is 1. The minimum atomic E-state index is -0.778. The Morgan fingerprint density at radius 3 is 2.43 bits per heavy atom. The topological polar surface area (TPSA) is 92.5 Å². The van der Waals surface area contributed by atoms with E-state index in [0.29, 0.717) is 47.6 Å². The molecule has 1 atom stereocenters. The summed E-state index contributed by atoms with van der Waals surface area (Å²) < 4.78 is 17.3. The third-order valence-electron chi connectivity index (χ3n) is 7.71. The van der Waals surface area contributed by atoms with E-state index in [2.05, 4.69) is 18.7 Å². The van der Waals surface area contributed by atoms with Crippen LogP contribution < -0.4 is 9.47 Å². The first-order chi connectivity index (χ1) is 20.4. The van der Waals surface area contributed by atoms with Gasteiger partial charge in [0.2, 0.25) is 5.78 Å². The van der Waals surface area contributed by atoms with Gasteiger partial charge >= 0.3 is 0 Å². The highest BCUT2D eigenvalue weighted by molar-refractivity contribution is 6.16. The molecule has 218 valence electrons. The summed E-state index contributed by atoms with van der Waals surface area (Å²) in [5.74, 6) is -0.481. The molecule has 8 nitrogen and oxygen atoms in total. The number of furan rings is 1. The fourth-order valence-electron chi connectivity index (χ4n) is 5.40. The lowest BCUT2D eigenvalue weighted by Crippen LogP contribution is -2.34. The van der Waals surface area contributed by atoms with Gasteiger partial charge in [-0.15, -0.1) is 0 Å². The van der Waals surface area contributed by atoms with E-state index in [-0.39, 0.29) is 11.3 Å². The van der Waals surface area contributed by atoms with Crippen LogP contribution in [0.25, 0.3) is 11.0 Å². The van der Waals surface area contributed by atoms with E-state index in [1.54, 1.807) is 17.0 Å². The predicted octanol–water partition coefficient (Wildman–Crippen LogP) is 6.33. The Bertz CT molecular complexity index is 1570. The smallest absolute Gasteiger partial charge is 0.290 e. The normalized spacial score (nSPS) is 15.2. The summed E-state index contributed by atoms with van der Waals surface area (Å²) in [5.41, 5.74) is 2.17. The Hall–Kier alpha value is -4.56. The molecular weight excluding hydrogens is 532 g/mol. The lowest BCUT2D eigenvalue weighted by atomic mass is 9.95. The molecule has 4 aromatic rings.